The second-order valence-electron chi connectivity index (χ2n) is 5.80. The van der Waals surface area contributed by atoms with Crippen LogP contribution in [0, 0.1) is 11.6 Å². The number of carbonyl (C=O) groups is 1. The molecule has 2 rings (SSSR count). The van der Waals surface area contributed by atoms with Crippen molar-refractivity contribution in [2.24, 2.45) is 0 Å². The van der Waals surface area contributed by atoms with Gasteiger partial charge in [0, 0.05) is 18.0 Å². The lowest BCUT2D eigenvalue weighted by atomic mass is 10.2. The predicted octanol–water partition coefficient (Wildman–Crippen LogP) is 3.84. The van der Waals surface area contributed by atoms with E-state index >= 15 is 0 Å². The van der Waals surface area contributed by atoms with Gasteiger partial charge in [-0.15, -0.1) is 0 Å². The van der Waals surface area contributed by atoms with E-state index < -0.39 is 23.3 Å². The van der Waals surface area contributed by atoms with Gasteiger partial charge in [0.15, 0.2) is 0 Å². The molecule has 0 spiro atoms. The van der Waals surface area contributed by atoms with Crippen LogP contribution in [-0.2, 0) is 11.3 Å². The summed E-state index contributed by atoms with van der Waals surface area (Å²) in [7, 11) is 0. The van der Waals surface area contributed by atoms with E-state index in [9.17, 15) is 13.6 Å². The Balaban J connectivity index is 2.32. The van der Waals surface area contributed by atoms with Crippen molar-refractivity contribution in [1.82, 2.24) is 4.68 Å². The van der Waals surface area contributed by atoms with Crippen LogP contribution in [0.2, 0.25) is 0 Å². The molecule has 0 N–H and O–H groups in total. The zero-order valence-corrected chi connectivity index (χ0v) is 12.7. The van der Waals surface area contributed by atoms with Crippen LogP contribution in [0.5, 0.6) is 0 Å². The molecular weight excluding hydrogens is 290 g/mol. The van der Waals surface area contributed by atoms with Crippen molar-refractivity contribution in [3.8, 4) is 0 Å². The van der Waals surface area contributed by atoms with Crippen molar-refractivity contribution < 1.29 is 18.3 Å². The number of hydrogen-bond donors (Lipinski definition) is 0. The van der Waals surface area contributed by atoms with Gasteiger partial charge in [0.25, 0.3) is 0 Å². The molecule has 0 atom stereocenters. The summed E-state index contributed by atoms with van der Waals surface area (Å²) in [5.41, 5.74) is -0.905. The van der Waals surface area contributed by atoms with Crippen molar-refractivity contribution in [1.29, 1.82) is 0 Å². The van der Waals surface area contributed by atoms with E-state index in [0.717, 1.165) is 17.1 Å². The highest BCUT2D eigenvalue weighted by atomic mass is 19.1. The highest BCUT2D eigenvalue weighted by molar-refractivity contribution is 5.78. The molecule has 2 aromatic rings. The van der Waals surface area contributed by atoms with Gasteiger partial charge in [-0.25, -0.2) is 18.6 Å². The number of ether oxygens (including phenoxy) is 1. The Kier molecular flexibility index (Phi) is 4.49. The highest BCUT2D eigenvalue weighted by Crippen LogP contribution is 2.17. The third kappa shape index (κ3) is 3.84. The van der Waals surface area contributed by atoms with E-state index in [2.05, 4.69) is 0 Å². The van der Waals surface area contributed by atoms with Gasteiger partial charge in [0.2, 0.25) is 0 Å². The Bertz CT molecular complexity index is 628. The summed E-state index contributed by atoms with van der Waals surface area (Å²) in [5.74, 6) is -1.42. The van der Waals surface area contributed by atoms with Crippen LogP contribution in [0.15, 0.2) is 42.7 Å². The number of halogens is 2. The molecule has 0 aliphatic rings. The van der Waals surface area contributed by atoms with Gasteiger partial charge in [0.1, 0.15) is 17.2 Å². The zero-order valence-electron chi connectivity index (χ0n) is 12.7. The molecule has 4 nitrogen and oxygen atoms in total. The smallest absolute Gasteiger partial charge is 0.429 e. The van der Waals surface area contributed by atoms with Crippen LogP contribution >= 0.6 is 0 Å². The number of amides is 1. The average molecular weight is 308 g/mol. The fraction of sp³-hybridized carbons (Fsp3) is 0.312. The Morgan fingerprint density at radius 3 is 2.18 bits per heavy atom. The number of hydrogen-bond acceptors (Lipinski definition) is 2. The first-order chi connectivity index (χ1) is 10.3. The molecule has 118 valence electrons. The lowest BCUT2D eigenvalue weighted by molar-refractivity contribution is 0.0533. The van der Waals surface area contributed by atoms with Crippen molar-refractivity contribution in [2.75, 3.05) is 5.01 Å². The minimum atomic E-state index is -0.712. The van der Waals surface area contributed by atoms with E-state index in [1.165, 1.54) is 10.7 Å². The molecule has 1 heterocycles. The maximum atomic E-state index is 13.8. The summed E-state index contributed by atoms with van der Waals surface area (Å²) in [6, 6.07) is 6.99. The van der Waals surface area contributed by atoms with Crippen molar-refractivity contribution in [2.45, 2.75) is 32.9 Å². The maximum absolute atomic E-state index is 13.8. The first-order valence-electron chi connectivity index (χ1n) is 6.84. The largest absolute Gasteiger partial charge is 0.442 e. The van der Waals surface area contributed by atoms with Crippen LogP contribution in [0.25, 0.3) is 0 Å². The monoisotopic (exact) mass is 308 g/mol. The van der Waals surface area contributed by atoms with E-state index in [1.807, 2.05) is 0 Å². The summed E-state index contributed by atoms with van der Waals surface area (Å²) in [6.45, 7) is 4.90. The van der Waals surface area contributed by atoms with E-state index in [0.29, 0.717) is 0 Å². The molecule has 0 bridgehead atoms. The molecule has 1 aromatic heterocycles. The predicted molar refractivity (Wildman–Crippen MR) is 78.9 cm³/mol. The van der Waals surface area contributed by atoms with E-state index in [-0.39, 0.29) is 12.1 Å². The molecule has 22 heavy (non-hydrogen) atoms. The summed E-state index contributed by atoms with van der Waals surface area (Å²) in [6.07, 6.45) is 2.51. The van der Waals surface area contributed by atoms with Gasteiger partial charge in [-0.1, -0.05) is 6.07 Å². The molecular formula is C16H18F2N2O2. The second-order valence-corrected chi connectivity index (χ2v) is 5.80. The van der Waals surface area contributed by atoms with Gasteiger partial charge in [-0.3, -0.25) is 4.68 Å². The summed E-state index contributed by atoms with van der Waals surface area (Å²) >= 11 is 0. The molecule has 0 aliphatic carbocycles. The Morgan fingerprint density at radius 2 is 1.68 bits per heavy atom. The summed E-state index contributed by atoms with van der Waals surface area (Å²) < 4.78 is 34.4. The lowest BCUT2D eigenvalue weighted by Gasteiger charge is -2.28. The standard InChI is InChI=1S/C16H18F2N2O2/c1-16(2,3)22-15(21)20(19-9-4-5-10-19)11-12-13(17)7-6-8-14(12)18/h4-10H,11H2,1-3H3. The van der Waals surface area contributed by atoms with Gasteiger partial charge < -0.3 is 4.74 Å². The van der Waals surface area contributed by atoms with Gasteiger partial charge in [-0.05, 0) is 45.0 Å². The summed E-state index contributed by atoms with van der Waals surface area (Å²) in [5, 5.41) is 1.13. The van der Waals surface area contributed by atoms with Gasteiger partial charge >= 0.3 is 6.09 Å². The van der Waals surface area contributed by atoms with Crippen molar-refractivity contribution >= 4 is 6.09 Å². The molecule has 0 radical (unpaired) electrons. The van der Waals surface area contributed by atoms with Crippen LogP contribution in [0.1, 0.15) is 26.3 Å². The number of benzene rings is 1. The van der Waals surface area contributed by atoms with Gasteiger partial charge in [0.05, 0.1) is 6.54 Å². The minimum Gasteiger partial charge on any atom is -0.442 e. The van der Waals surface area contributed by atoms with Crippen molar-refractivity contribution in [3.05, 3.63) is 59.9 Å². The van der Waals surface area contributed by atoms with Gasteiger partial charge in [-0.2, -0.15) is 0 Å². The lowest BCUT2D eigenvalue weighted by Crippen LogP contribution is -2.43. The molecule has 0 saturated heterocycles. The fourth-order valence-electron chi connectivity index (χ4n) is 1.87. The number of nitrogens with zero attached hydrogens (tertiary/aromatic N) is 2. The van der Waals surface area contributed by atoms with E-state index in [4.69, 9.17) is 4.74 Å². The third-order valence-electron chi connectivity index (χ3n) is 2.84. The van der Waals surface area contributed by atoms with Crippen LogP contribution in [-0.4, -0.2) is 16.4 Å². The van der Waals surface area contributed by atoms with Crippen LogP contribution < -0.4 is 5.01 Å². The van der Waals surface area contributed by atoms with E-state index in [1.54, 1.807) is 45.3 Å². The normalized spacial score (nSPS) is 11.3. The van der Waals surface area contributed by atoms with Crippen LogP contribution in [0.4, 0.5) is 13.6 Å². The first kappa shape index (κ1) is 16.0. The molecule has 1 aromatic carbocycles. The maximum Gasteiger partial charge on any atom is 0.429 e. The molecule has 0 aliphatic heterocycles. The first-order valence-corrected chi connectivity index (χ1v) is 6.84. The minimum absolute atomic E-state index is 0.193. The van der Waals surface area contributed by atoms with Crippen molar-refractivity contribution in [3.63, 3.8) is 0 Å². The number of rotatable bonds is 3. The fourth-order valence-corrected chi connectivity index (χ4v) is 1.87. The topological polar surface area (TPSA) is 34.5 Å². The van der Waals surface area contributed by atoms with Crippen LogP contribution in [0.3, 0.4) is 0 Å². The Hall–Kier alpha value is -2.37. The number of carbonyl (C=O) groups excluding carboxylic acids is 1. The number of aromatic nitrogens is 1. The summed E-state index contributed by atoms with van der Waals surface area (Å²) in [4.78, 5) is 12.3. The Labute approximate surface area is 127 Å². The third-order valence-corrected chi connectivity index (χ3v) is 2.84. The second kappa shape index (κ2) is 6.17. The molecule has 1 amide bonds. The SMILES string of the molecule is CC(C)(C)OC(=O)N(Cc1c(F)cccc1F)n1cccc1. The molecule has 6 heteroatoms. The Morgan fingerprint density at radius 1 is 1.14 bits per heavy atom. The molecule has 0 fully saturated rings. The molecule has 0 unspecified atom stereocenters. The average Bonchev–Trinajstić information content (AvgIpc) is 2.89. The highest BCUT2D eigenvalue weighted by Gasteiger charge is 2.25. The quantitative estimate of drug-likeness (QED) is 0.863. The molecule has 0 saturated carbocycles. The zero-order chi connectivity index (χ0) is 16.3.